The molecule has 10 heteroatoms. The van der Waals surface area contributed by atoms with Gasteiger partial charge in [0.25, 0.3) is 5.91 Å². The molecular formula is C18H16ClN3O3S3. The van der Waals surface area contributed by atoms with Crippen LogP contribution in [0, 0.1) is 6.92 Å². The summed E-state index contributed by atoms with van der Waals surface area (Å²) in [6.45, 7) is 2.32. The minimum atomic E-state index is -3.67. The first-order chi connectivity index (χ1) is 13.3. The maximum atomic E-state index is 13.1. The summed E-state index contributed by atoms with van der Waals surface area (Å²) in [5, 5.41) is 5.51. The third-order valence-electron chi connectivity index (χ3n) is 4.43. The van der Waals surface area contributed by atoms with Crippen LogP contribution in [0.15, 0.2) is 40.6 Å². The van der Waals surface area contributed by atoms with E-state index < -0.39 is 10.0 Å². The number of nitrogens with zero attached hydrogens (tertiary/aromatic N) is 2. The molecule has 3 aromatic rings. The van der Waals surface area contributed by atoms with Gasteiger partial charge in [0, 0.05) is 22.9 Å². The van der Waals surface area contributed by atoms with Crippen LogP contribution in [0.1, 0.15) is 25.8 Å². The summed E-state index contributed by atoms with van der Waals surface area (Å²) in [4.78, 5) is 18.4. The Bertz CT molecular complexity index is 1140. The summed E-state index contributed by atoms with van der Waals surface area (Å²) in [5.74, 6) is -0.208. The zero-order valence-electron chi connectivity index (χ0n) is 14.8. The number of carbonyl (C=O) groups is 1. The van der Waals surface area contributed by atoms with Gasteiger partial charge in [-0.3, -0.25) is 10.1 Å². The molecule has 3 heterocycles. The number of sulfonamides is 1. The largest absolute Gasteiger partial charge is 0.297 e. The lowest BCUT2D eigenvalue weighted by atomic mass is 10.2. The Morgan fingerprint density at radius 3 is 2.89 bits per heavy atom. The minimum Gasteiger partial charge on any atom is -0.297 e. The molecule has 6 nitrogen and oxygen atoms in total. The molecule has 0 unspecified atom stereocenters. The number of anilines is 1. The quantitative estimate of drug-likeness (QED) is 0.643. The standard InChI is InChI=1S/C18H16ClN3O3S3/c1-11-4-5-12(19)9-16(11)28(24,25)22-7-6-13-15(10-22)27-18(20-13)21-17(23)14-3-2-8-26-14/h2-5,8-9H,6-7,10H2,1H3,(H,20,21,23). The first-order valence-electron chi connectivity index (χ1n) is 8.44. The molecule has 1 aliphatic rings. The number of nitrogens with one attached hydrogen (secondary N) is 1. The fourth-order valence-corrected chi connectivity index (χ4v) is 6.60. The fourth-order valence-electron chi connectivity index (χ4n) is 2.99. The average Bonchev–Trinajstić information content (AvgIpc) is 3.32. The van der Waals surface area contributed by atoms with E-state index in [9.17, 15) is 13.2 Å². The number of thiophene rings is 1. The van der Waals surface area contributed by atoms with Crippen LogP contribution in [0.5, 0.6) is 0 Å². The topological polar surface area (TPSA) is 79.4 Å². The Morgan fingerprint density at radius 2 is 2.14 bits per heavy atom. The van der Waals surface area contributed by atoms with Gasteiger partial charge in [-0.15, -0.1) is 22.7 Å². The highest BCUT2D eigenvalue weighted by molar-refractivity contribution is 7.89. The molecule has 0 aliphatic carbocycles. The number of aryl methyl sites for hydroxylation is 1. The zero-order valence-corrected chi connectivity index (χ0v) is 18.0. The second-order valence-corrected chi connectivity index (χ2v) is 10.7. The summed E-state index contributed by atoms with van der Waals surface area (Å²) < 4.78 is 27.6. The molecule has 0 saturated heterocycles. The molecule has 0 radical (unpaired) electrons. The van der Waals surface area contributed by atoms with E-state index in [0.29, 0.717) is 33.6 Å². The number of aromatic nitrogens is 1. The molecule has 0 saturated carbocycles. The SMILES string of the molecule is Cc1ccc(Cl)cc1S(=O)(=O)N1CCc2nc(NC(=O)c3cccs3)sc2C1. The van der Waals surface area contributed by atoms with Gasteiger partial charge in [0.15, 0.2) is 5.13 Å². The Balaban J connectivity index is 1.56. The number of halogens is 1. The van der Waals surface area contributed by atoms with Gasteiger partial charge in [-0.25, -0.2) is 13.4 Å². The Hall–Kier alpha value is -1.78. The molecule has 2 aromatic heterocycles. The van der Waals surface area contributed by atoms with Crippen LogP contribution < -0.4 is 5.32 Å². The zero-order chi connectivity index (χ0) is 19.9. The highest BCUT2D eigenvalue weighted by Gasteiger charge is 2.31. The first kappa shape index (κ1) is 19.5. The first-order valence-corrected chi connectivity index (χ1v) is 12.0. The molecule has 146 valence electrons. The van der Waals surface area contributed by atoms with Gasteiger partial charge >= 0.3 is 0 Å². The molecule has 0 fully saturated rings. The van der Waals surface area contributed by atoms with Crippen molar-refractivity contribution in [3.63, 3.8) is 0 Å². The molecule has 0 atom stereocenters. The van der Waals surface area contributed by atoms with E-state index >= 15 is 0 Å². The van der Waals surface area contributed by atoms with E-state index in [0.717, 1.165) is 10.6 Å². The highest BCUT2D eigenvalue weighted by atomic mass is 35.5. The van der Waals surface area contributed by atoms with Crippen LogP contribution in [0.4, 0.5) is 5.13 Å². The van der Waals surface area contributed by atoms with Crippen molar-refractivity contribution >= 4 is 55.3 Å². The predicted octanol–water partition coefficient (Wildman–Crippen LogP) is 4.17. The van der Waals surface area contributed by atoms with E-state index in [2.05, 4.69) is 10.3 Å². The summed E-state index contributed by atoms with van der Waals surface area (Å²) in [6, 6.07) is 8.43. The second-order valence-electron chi connectivity index (χ2n) is 6.32. The Morgan fingerprint density at radius 1 is 1.32 bits per heavy atom. The van der Waals surface area contributed by atoms with Gasteiger partial charge in [0.2, 0.25) is 10.0 Å². The lowest BCUT2D eigenvalue weighted by Crippen LogP contribution is -2.35. The highest BCUT2D eigenvalue weighted by Crippen LogP contribution is 2.32. The second kappa shape index (κ2) is 7.57. The van der Waals surface area contributed by atoms with Crippen LogP contribution >= 0.6 is 34.3 Å². The number of thiazole rings is 1. The van der Waals surface area contributed by atoms with E-state index in [-0.39, 0.29) is 17.3 Å². The third-order valence-corrected chi connectivity index (χ3v) is 8.52. The predicted molar refractivity (Wildman–Crippen MR) is 112 cm³/mol. The molecule has 1 aliphatic heterocycles. The molecule has 4 rings (SSSR count). The van der Waals surface area contributed by atoms with Crippen molar-refractivity contribution in [2.75, 3.05) is 11.9 Å². The fraction of sp³-hybridized carbons (Fsp3) is 0.222. The number of hydrogen-bond donors (Lipinski definition) is 1. The van der Waals surface area contributed by atoms with Gasteiger partial charge in [0.1, 0.15) is 0 Å². The third kappa shape index (κ3) is 3.72. The Kier molecular flexibility index (Phi) is 5.28. The summed E-state index contributed by atoms with van der Waals surface area (Å²) in [7, 11) is -3.67. The minimum absolute atomic E-state index is 0.208. The van der Waals surface area contributed by atoms with Crippen molar-refractivity contribution in [3.05, 3.63) is 61.7 Å². The molecular weight excluding hydrogens is 438 g/mol. The van der Waals surface area contributed by atoms with Crippen molar-refractivity contribution < 1.29 is 13.2 Å². The van der Waals surface area contributed by atoms with Crippen molar-refractivity contribution in [1.82, 2.24) is 9.29 Å². The average molecular weight is 454 g/mol. The summed E-state index contributed by atoms with van der Waals surface area (Å²) >= 11 is 8.67. The van der Waals surface area contributed by atoms with Crippen molar-refractivity contribution in [3.8, 4) is 0 Å². The normalized spacial score (nSPS) is 14.6. The molecule has 28 heavy (non-hydrogen) atoms. The number of amides is 1. The van der Waals surface area contributed by atoms with Crippen molar-refractivity contribution in [2.24, 2.45) is 0 Å². The molecule has 1 amide bonds. The molecule has 1 N–H and O–H groups in total. The van der Waals surface area contributed by atoms with Crippen molar-refractivity contribution in [1.29, 1.82) is 0 Å². The summed E-state index contributed by atoms with van der Waals surface area (Å²) in [5.41, 5.74) is 1.49. The van der Waals surface area contributed by atoms with Gasteiger partial charge in [0.05, 0.1) is 22.0 Å². The number of hydrogen-bond acceptors (Lipinski definition) is 6. The number of fused-ring (bicyclic) bond motifs is 1. The van der Waals surface area contributed by atoms with E-state index in [1.807, 2.05) is 11.4 Å². The van der Waals surface area contributed by atoms with E-state index in [1.165, 1.54) is 33.0 Å². The van der Waals surface area contributed by atoms with Crippen LogP contribution in [-0.4, -0.2) is 30.2 Å². The number of benzene rings is 1. The molecule has 0 bridgehead atoms. The maximum absolute atomic E-state index is 13.1. The van der Waals surface area contributed by atoms with Crippen LogP contribution in [-0.2, 0) is 23.0 Å². The molecule has 0 spiro atoms. The maximum Gasteiger partial charge on any atom is 0.267 e. The number of rotatable bonds is 4. The lowest BCUT2D eigenvalue weighted by molar-refractivity contribution is 0.103. The summed E-state index contributed by atoms with van der Waals surface area (Å²) in [6.07, 6.45) is 0.500. The van der Waals surface area contributed by atoms with E-state index in [4.69, 9.17) is 11.6 Å². The molecule has 1 aromatic carbocycles. The lowest BCUT2D eigenvalue weighted by Gasteiger charge is -2.26. The van der Waals surface area contributed by atoms with Gasteiger partial charge < -0.3 is 0 Å². The van der Waals surface area contributed by atoms with E-state index in [1.54, 1.807) is 25.1 Å². The van der Waals surface area contributed by atoms with Crippen molar-refractivity contribution in [2.45, 2.75) is 24.8 Å². The van der Waals surface area contributed by atoms with Gasteiger partial charge in [-0.1, -0.05) is 23.7 Å². The Labute approximate surface area is 175 Å². The van der Waals surface area contributed by atoms with Crippen LogP contribution in [0.2, 0.25) is 5.02 Å². The monoisotopic (exact) mass is 453 g/mol. The smallest absolute Gasteiger partial charge is 0.267 e. The van der Waals surface area contributed by atoms with Gasteiger partial charge in [-0.05, 0) is 36.1 Å². The van der Waals surface area contributed by atoms with Crippen LogP contribution in [0.25, 0.3) is 0 Å². The number of carbonyl (C=O) groups excluding carboxylic acids is 1. The van der Waals surface area contributed by atoms with Crippen LogP contribution in [0.3, 0.4) is 0 Å². The van der Waals surface area contributed by atoms with Gasteiger partial charge in [-0.2, -0.15) is 4.31 Å².